The molecule has 0 saturated heterocycles. The van der Waals surface area contributed by atoms with Crippen molar-refractivity contribution < 1.29 is 9.13 Å². The fourth-order valence-corrected chi connectivity index (χ4v) is 2.36. The summed E-state index contributed by atoms with van der Waals surface area (Å²) in [5, 5.41) is 11.0. The van der Waals surface area contributed by atoms with Crippen LogP contribution in [0.5, 0.6) is 0 Å². The summed E-state index contributed by atoms with van der Waals surface area (Å²) in [6.07, 6.45) is 2.60. The molecule has 26 heavy (non-hydrogen) atoms. The standard InChI is InChI=1S/C18H26FN5O.HI/c1-4-20-18(22-14(2)13-25-3)21-11-9-16-10-12-24(23-16)17-7-5-15(19)6-8-17;/h5-8,10,12,14H,4,9,11,13H2,1-3H3,(H2,20,21,22);1H. The van der Waals surface area contributed by atoms with Gasteiger partial charge in [0.15, 0.2) is 5.96 Å². The zero-order valence-electron chi connectivity index (χ0n) is 15.4. The molecule has 0 saturated carbocycles. The van der Waals surface area contributed by atoms with Crippen molar-refractivity contribution in [2.24, 2.45) is 4.99 Å². The van der Waals surface area contributed by atoms with E-state index in [-0.39, 0.29) is 35.8 Å². The number of aliphatic imine (C=N–C) groups is 1. The number of aromatic nitrogens is 2. The number of rotatable bonds is 8. The summed E-state index contributed by atoms with van der Waals surface area (Å²) in [5.74, 6) is 0.515. The first kappa shape index (κ1) is 22.4. The Bertz CT molecular complexity index is 674. The molecule has 1 heterocycles. The van der Waals surface area contributed by atoms with Crippen LogP contribution >= 0.6 is 24.0 Å². The van der Waals surface area contributed by atoms with Gasteiger partial charge < -0.3 is 15.4 Å². The molecule has 8 heteroatoms. The maximum Gasteiger partial charge on any atom is 0.191 e. The van der Waals surface area contributed by atoms with E-state index >= 15 is 0 Å². The Kier molecular flexibility index (Phi) is 10.2. The predicted molar refractivity (Wildman–Crippen MR) is 113 cm³/mol. The molecule has 0 radical (unpaired) electrons. The SMILES string of the molecule is CCNC(=NCCc1ccn(-c2ccc(F)cc2)n1)NC(C)COC.I. The summed E-state index contributed by atoms with van der Waals surface area (Å²) in [4.78, 5) is 4.56. The fraction of sp³-hybridized carbons (Fsp3) is 0.444. The van der Waals surface area contributed by atoms with Gasteiger partial charge in [0.1, 0.15) is 5.82 Å². The van der Waals surface area contributed by atoms with Crippen LogP contribution in [0.3, 0.4) is 0 Å². The van der Waals surface area contributed by atoms with Gasteiger partial charge in [0.2, 0.25) is 0 Å². The summed E-state index contributed by atoms with van der Waals surface area (Å²) in [7, 11) is 1.68. The molecule has 1 aromatic carbocycles. The van der Waals surface area contributed by atoms with E-state index < -0.39 is 0 Å². The number of halogens is 2. The molecule has 0 amide bonds. The topological polar surface area (TPSA) is 63.5 Å². The first-order valence-corrected chi connectivity index (χ1v) is 8.46. The van der Waals surface area contributed by atoms with Crippen molar-refractivity contribution in [3.63, 3.8) is 0 Å². The largest absolute Gasteiger partial charge is 0.383 e. The third-order valence-corrected chi connectivity index (χ3v) is 3.52. The van der Waals surface area contributed by atoms with Gasteiger partial charge in [-0.25, -0.2) is 9.07 Å². The molecule has 1 atom stereocenters. The molecule has 2 N–H and O–H groups in total. The average Bonchev–Trinajstić information content (AvgIpc) is 3.05. The lowest BCUT2D eigenvalue weighted by molar-refractivity contribution is 0.179. The van der Waals surface area contributed by atoms with Gasteiger partial charge in [-0.15, -0.1) is 24.0 Å². The number of hydrogen-bond acceptors (Lipinski definition) is 3. The van der Waals surface area contributed by atoms with E-state index in [9.17, 15) is 4.39 Å². The van der Waals surface area contributed by atoms with Gasteiger partial charge in [-0.3, -0.25) is 4.99 Å². The molecule has 1 unspecified atom stereocenters. The quantitative estimate of drug-likeness (QED) is 0.350. The smallest absolute Gasteiger partial charge is 0.191 e. The summed E-state index contributed by atoms with van der Waals surface area (Å²) in [5.41, 5.74) is 1.77. The monoisotopic (exact) mass is 475 g/mol. The number of hydrogen-bond donors (Lipinski definition) is 2. The lowest BCUT2D eigenvalue weighted by Gasteiger charge is -2.16. The molecule has 0 aliphatic heterocycles. The summed E-state index contributed by atoms with van der Waals surface area (Å²) in [6.45, 7) is 6.11. The van der Waals surface area contributed by atoms with Crippen LogP contribution in [0, 0.1) is 5.82 Å². The molecular formula is C18H27FIN5O. The van der Waals surface area contributed by atoms with E-state index in [1.807, 2.05) is 26.1 Å². The highest BCUT2D eigenvalue weighted by Gasteiger charge is 2.05. The highest BCUT2D eigenvalue weighted by atomic mass is 127. The van der Waals surface area contributed by atoms with Gasteiger partial charge in [-0.1, -0.05) is 0 Å². The molecule has 144 valence electrons. The Morgan fingerprint density at radius 1 is 1.31 bits per heavy atom. The van der Waals surface area contributed by atoms with Crippen molar-refractivity contribution in [2.45, 2.75) is 26.3 Å². The molecule has 0 aliphatic rings. The van der Waals surface area contributed by atoms with Crippen LogP contribution in [0.15, 0.2) is 41.5 Å². The lowest BCUT2D eigenvalue weighted by atomic mass is 10.3. The third-order valence-electron chi connectivity index (χ3n) is 3.52. The van der Waals surface area contributed by atoms with Gasteiger partial charge in [-0.2, -0.15) is 5.10 Å². The number of guanidine groups is 1. The van der Waals surface area contributed by atoms with Crippen molar-refractivity contribution in [3.8, 4) is 5.69 Å². The normalized spacial score (nSPS) is 12.4. The second-order valence-corrected chi connectivity index (χ2v) is 5.74. The first-order valence-electron chi connectivity index (χ1n) is 8.46. The van der Waals surface area contributed by atoms with Crippen LogP contribution in [0.1, 0.15) is 19.5 Å². The van der Waals surface area contributed by atoms with Crippen molar-refractivity contribution in [1.29, 1.82) is 0 Å². The average molecular weight is 475 g/mol. The first-order chi connectivity index (χ1) is 12.1. The predicted octanol–water partition coefficient (Wildman–Crippen LogP) is 2.76. The van der Waals surface area contributed by atoms with Crippen LogP contribution in [-0.4, -0.2) is 48.6 Å². The van der Waals surface area contributed by atoms with Gasteiger partial charge in [0, 0.05) is 38.9 Å². The van der Waals surface area contributed by atoms with E-state index in [0.717, 1.165) is 30.3 Å². The minimum Gasteiger partial charge on any atom is -0.383 e. The molecule has 0 spiro atoms. The maximum absolute atomic E-state index is 13.0. The molecule has 0 fully saturated rings. The molecule has 2 aromatic rings. The van der Waals surface area contributed by atoms with E-state index in [4.69, 9.17) is 4.74 Å². The zero-order chi connectivity index (χ0) is 18.1. The van der Waals surface area contributed by atoms with Crippen LogP contribution in [0.4, 0.5) is 4.39 Å². The Morgan fingerprint density at radius 3 is 2.69 bits per heavy atom. The Balaban J connectivity index is 0.00000338. The number of nitrogens with one attached hydrogen (secondary N) is 2. The van der Waals surface area contributed by atoms with Gasteiger partial charge in [0.25, 0.3) is 0 Å². The molecule has 6 nitrogen and oxygen atoms in total. The third kappa shape index (κ3) is 7.28. The van der Waals surface area contributed by atoms with Crippen molar-refractivity contribution in [3.05, 3.63) is 48.0 Å². The second-order valence-electron chi connectivity index (χ2n) is 5.74. The highest BCUT2D eigenvalue weighted by Crippen LogP contribution is 2.09. The summed E-state index contributed by atoms with van der Waals surface area (Å²) >= 11 is 0. The van der Waals surface area contributed by atoms with Gasteiger partial charge in [-0.05, 0) is 44.2 Å². The highest BCUT2D eigenvalue weighted by molar-refractivity contribution is 14.0. The van der Waals surface area contributed by atoms with Crippen molar-refractivity contribution >= 4 is 29.9 Å². The second kappa shape index (κ2) is 11.8. The molecular weight excluding hydrogens is 448 g/mol. The van der Waals surface area contributed by atoms with E-state index in [0.29, 0.717) is 13.2 Å². The summed E-state index contributed by atoms with van der Waals surface area (Å²) < 4.78 is 19.9. The minimum atomic E-state index is -0.253. The van der Waals surface area contributed by atoms with Crippen LogP contribution in [-0.2, 0) is 11.2 Å². The van der Waals surface area contributed by atoms with E-state index in [1.165, 1.54) is 12.1 Å². The van der Waals surface area contributed by atoms with Crippen LogP contribution in [0.2, 0.25) is 0 Å². The van der Waals surface area contributed by atoms with Crippen LogP contribution < -0.4 is 10.6 Å². The number of nitrogens with zero attached hydrogens (tertiary/aromatic N) is 3. The lowest BCUT2D eigenvalue weighted by Crippen LogP contribution is -2.44. The summed E-state index contributed by atoms with van der Waals surface area (Å²) in [6, 6.07) is 8.39. The minimum absolute atomic E-state index is 0. The van der Waals surface area contributed by atoms with E-state index in [2.05, 4.69) is 20.7 Å². The Morgan fingerprint density at radius 2 is 2.04 bits per heavy atom. The van der Waals surface area contributed by atoms with Gasteiger partial charge >= 0.3 is 0 Å². The number of methoxy groups -OCH3 is 1. The number of ether oxygens (including phenoxy) is 1. The Hall–Kier alpha value is -1.68. The van der Waals surface area contributed by atoms with Gasteiger partial charge in [0.05, 0.1) is 18.0 Å². The van der Waals surface area contributed by atoms with Crippen LogP contribution in [0.25, 0.3) is 5.69 Å². The zero-order valence-corrected chi connectivity index (χ0v) is 17.7. The van der Waals surface area contributed by atoms with Crippen molar-refractivity contribution in [2.75, 3.05) is 26.8 Å². The van der Waals surface area contributed by atoms with Crippen molar-refractivity contribution in [1.82, 2.24) is 20.4 Å². The Labute approximate surface area is 171 Å². The molecule has 0 aliphatic carbocycles. The fourth-order valence-electron chi connectivity index (χ4n) is 2.36. The maximum atomic E-state index is 13.0. The number of benzene rings is 1. The molecule has 2 rings (SSSR count). The van der Waals surface area contributed by atoms with E-state index in [1.54, 1.807) is 23.9 Å². The molecule has 1 aromatic heterocycles. The molecule has 0 bridgehead atoms.